The lowest BCUT2D eigenvalue weighted by molar-refractivity contribution is 0.0600. The van der Waals surface area contributed by atoms with E-state index < -0.39 is 5.97 Å². The number of hydrogen-bond acceptors (Lipinski definition) is 6. The third-order valence-corrected chi connectivity index (χ3v) is 4.86. The zero-order chi connectivity index (χ0) is 21.8. The van der Waals surface area contributed by atoms with Gasteiger partial charge in [0.15, 0.2) is 5.76 Å². The van der Waals surface area contributed by atoms with Crippen molar-refractivity contribution < 1.29 is 28.5 Å². The van der Waals surface area contributed by atoms with E-state index in [0.717, 1.165) is 16.9 Å². The molecule has 0 N–H and O–H groups in total. The monoisotopic (exact) mass is 416 g/mol. The minimum atomic E-state index is -0.416. The maximum atomic E-state index is 12.7. The summed E-state index contributed by atoms with van der Waals surface area (Å²) in [5, 5.41) is 0. The van der Waals surface area contributed by atoms with Crippen LogP contribution < -0.4 is 14.2 Å². The zero-order valence-electron chi connectivity index (χ0n) is 17.1. The van der Waals surface area contributed by atoms with E-state index in [1.165, 1.54) is 7.11 Å². The summed E-state index contributed by atoms with van der Waals surface area (Å²) in [6, 6.07) is 19.5. The molecule has 0 aliphatic carbocycles. The fraction of sp³-hybridized carbons (Fsp3) is 0.120. The SMILES string of the molecule is COC(=O)c1ccc(/C=C2\Oc3cc(OCc4ccccc4OC)ccc3C2=O)cc1. The number of benzene rings is 3. The molecule has 0 saturated heterocycles. The normalized spacial score (nSPS) is 13.5. The number of ether oxygens (including phenoxy) is 4. The van der Waals surface area contributed by atoms with E-state index in [1.807, 2.05) is 24.3 Å². The summed E-state index contributed by atoms with van der Waals surface area (Å²) >= 11 is 0. The topological polar surface area (TPSA) is 71.1 Å². The number of Topliss-reactive ketones (excluding diaryl/α,β-unsaturated/α-hetero) is 1. The largest absolute Gasteiger partial charge is 0.496 e. The van der Waals surface area contributed by atoms with Crippen molar-refractivity contribution in [2.24, 2.45) is 0 Å². The summed E-state index contributed by atoms with van der Waals surface area (Å²) in [5.41, 5.74) is 2.56. The van der Waals surface area contributed by atoms with E-state index in [-0.39, 0.29) is 11.5 Å². The van der Waals surface area contributed by atoms with E-state index in [0.29, 0.717) is 29.2 Å². The summed E-state index contributed by atoms with van der Waals surface area (Å²) in [4.78, 5) is 24.2. The first-order chi connectivity index (χ1) is 15.1. The van der Waals surface area contributed by atoms with Gasteiger partial charge in [0, 0.05) is 11.6 Å². The second kappa shape index (κ2) is 8.75. The second-order valence-electron chi connectivity index (χ2n) is 6.81. The Bertz CT molecular complexity index is 1160. The van der Waals surface area contributed by atoms with E-state index in [2.05, 4.69) is 4.74 Å². The fourth-order valence-electron chi connectivity index (χ4n) is 3.22. The van der Waals surface area contributed by atoms with Crippen molar-refractivity contribution >= 4 is 17.8 Å². The van der Waals surface area contributed by atoms with Crippen molar-refractivity contribution in [3.63, 3.8) is 0 Å². The van der Waals surface area contributed by atoms with E-state index in [1.54, 1.807) is 55.7 Å². The Hall–Kier alpha value is -4.06. The first kappa shape index (κ1) is 20.2. The molecule has 31 heavy (non-hydrogen) atoms. The van der Waals surface area contributed by atoms with Crippen LogP contribution in [0, 0.1) is 0 Å². The molecule has 0 atom stereocenters. The summed E-state index contributed by atoms with van der Waals surface area (Å²) in [6.45, 7) is 0.325. The van der Waals surface area contributed by atoms with Gasteiger partial charge < -0.3 is 18.9 Å². The van der Waals surface area contributed by atoms with Gasteiger partial charge in [0.25, 0.3) is 0 Å². The highest BCUT2D eigenvalue weighted by Crippen LogP contribution is 2.35. The second-order valence-corrected chi connectivity index (χ2v) is 6.81. The molecule has 0 bridgehead atoms. The van der Waals surface area contributed by atoms with Crippen molar-refractivity contribution in [2.75, 3.05) is 14.2 Å². The lowest BCUT2D eigenvalue weighted by Crippen LogP contribution is -2.01. The average molecular weight is 416 g/mol. The predicted molar refractivity (Wildman–Crippen MR) is 114 cm³/mol. The van der Waals surface area contributed by atoms with Crippen LogP contribution in [0.1, 0.15) is 31.8 Å². The molecule has 0 unspecified atom stereocenters. The van der Waals surface area contributed by atoms with Gasteiger partial charge in [-0.3, -0.25) is 4.79 Å². The maximum absolute atomic E-state index is 12.7. The van der Waals surface area contributed by atoms with Crippen LogP contribution in [-0.4, -0.2) is 26.0 Å². The number of allylic oxidation sites excluding steroid dienone is 1. The minimum Gasteiger partial charge on any atom is -0.496 e. The van der Waals surface area contributed by atoms with Crippen LogP contribution in [0.5, 0.6) is 17.2 Å². The highest BCUT2D eigenvalue weighted by Gasteiger charge is 2.27. The molecule has 0 radical (unpaired) electrons. The number of ketones is 1. The third kappa shape index (κ3) is 4.28. The van der Waals surface area contributed by atoms with Crippen LogP contribution in [0.15, 0.2) is 72.5 Å². The van der Waals surface area contributed by atoms with Gasteiger partial charge in [-0.2, -0.15) is 0 Å². The number of rotatable bonds is 6. The molecule has 0 saturated carbocycles. The van der Waals surface area contributed by atoms with Crippen molar-refractivity contribution in [2.45, 2.75) is 6.61 Å². The van der Waals surface area contributed by atoms with E-state index >= 15 is 0 Å². The molecular weight excluding hydrogens is 396 g/mol. The van der Waals surface area contributed by atoms with Crippen molar-refractivity contribution in [1.29, 1.82) is 0 Å². The van der Waals surface area contributed by atoms with Gasteiger partial charge in [-0.15, -0.1) is 0 Å². The Morgan fingerprint density at radius 1 is 1.00 bits per heavy atom. The number of carbonyl (C=O) groups is 2. The van der Waals surface area contributed by atoms with E-state index in [9.17, 15) is 9.59 Å². The maximum Gasteiger partial charge on any atom is 0.337 e. The molecule has 3 aromatic rings. The molecule has 1 aliphatic rings. The molecule has 0 amide bonds. The molecule has 6 heteroatoms. The Morgan fingerprint density at radius 2 is 1.77 bits per heavy atom. The quantitative estimate of drug-likeness (QED) is 0.429. The summed E-state index contributed by atoms with van der Waals surface area (Å²) in [5.74, 6) is 1.37. The van der Waals surface area contributed by atoms with Crippen LogP contribution in [0.4, 0.5) is 0 Å². The molecular formula is C25H20O6. The van der Waals surface area contributed by atoms with Crippen LogP contribution in [0.2, 0.25) is 0 Å². The Morgan fingerprint density at radius 3 is 2.52 bits per heavy atom. The third-order valence-electron chi connectivity index (χ3n) is 4.86. The van der Waals surface area contributed by atoms with Gasteiger partial charge in [-0.05, 0) is 42.0 Å². The number of esters is 1. The zero-order valence-corrected chi connectivity index (χ0v) is 17.1. The lowest BCUT2D eigenvalue weighted by Gasteiger charge is -2.10. The molecule has 156 valence electrons. The molecule has 0 aromatic heterocycles. The van der Waals surface area contributed by atoms with Gasteiger partial charge in [0.05, 0.1) is 25.3 Å². The highest BCUT2D eigenvalue weighted by molar-refractivity contribution is 6.14. The Balaban J connectivity index is 1.49. The minimum absolute atomic E-state index is 0.205. The van der Waals surface area contributed by atoms with Gasteiger partial charge in [-0.25, -0.2) is 4.79 Å². The molecule has 0 fully saturated rings. The Kier molecular flexibility index (Phi) is 5.71. The van der Waals surface area contributed by atoms with Crippen LogP contribution >= 0.6 is 0 Å². The standard InChI is InChI=1S/C25H20O6/c1-28-21-6-4-3-5-18(21)15-30-19-11-12-20-22(14-19)31-23(24(20)26)13-16-7-9-17(10-8-16)25(27)29-2/h3-14H,15H2,1-2H3/b23-13-. The molecule has 4 rings (SSSR count). The van der Waals surface area contributed by atoms with Gasteiger partial charge >= 0.3 is 5.97 Å². The van der Waals surface area contributed by atoms with Gasteiger partial charge in [-0.1, -0.05) is 30.3 Å². The van der Waals surface area contributed by atoms with E-state index in [4.69, 9.17) is 14.2 Å². The molecule has 1 heterocycles. The molecule has 0 spiro atoms. The lowest BCUT2D eigenvalue weighted by atomic mass is 10.1. The number of methoxy groups -OCH3 is 2. The number of fused-ring (bicyclic) bond motifs is 1. The highest BCUT2D eigenvalue weighted by atomic mass is 16.5. The summed E-state index contributed by atoms with van der Waals surface area (Å²) < 4.78 is 21.7. The van der Waals surface area contributed by atoms with Crippen LogP contribution in [0.3, 0.4) is 0 Å². The van der Waals surface area contributed by atoms with Crippen molar-refractivity contribution in [3.8, 4) is 17.2 Å². The van der Waals surface area contributed by atoms with Gasteiger partial charge in [0.1, 0.15) is 23.9 Å². The smallest absolute Gasteiger partial charge is 0.337 e. The van der Waals surface area contributed by atoms with Crippen LogP contribution in [0.25, 0.3) is 6.08 Å². The number of para-hydroxylation sites is 1. The molecule has 1 aliphatic heterocycles. The summed E-state index contributed by atoms with van der Waals surface area (Å²) in [6.07, 6.45) is 1.64. The molecule has 3 aromatic carbocycles. The summed E-state index contributed by atoms with van der Waals surface area (Å²) in [7, 11) is 2.94. The first-order valence-electron chi connectivity index (χ1n) is 9.60. The van der Waals surface area contributed by atoms with Crippen LogP contribution in [-0.2, 0) is 11.3 Å². The van der Waals surface area contributed by atoms with Crippen molar-refractivity contribution in [3.05, 3.63) is 94.7 Å². The average Bonchev–Trinajstić information content (AvgIpc) is 3.12. The first-order valence-corrected chi connectivity index (χ1v) is 9.60. The number of hydrogen-bond donors (Lipinski definition) is 0. The fourth-order valence-corrected chi connectivity index (χ4v) is 3.22. The molecule has 6 nitrogen and oxygen atoms in total. The van der Waals surface area contributed by atoms with Gasteiger partial charge in [0.2, 0.25) is 5.78 Å². The number of carbonyl (C=O) groups excluding carboxylic acids is 2. The van der Waals surface area contributed by atoms with Crippen molar-refractivity contribution in [1.82, 2.24) is 0 Å². The predicted octanol–water partition coefficient (Wildman–Crippen LogP) is 4.68. The Labute approximate surface area is 179 Å².